The van der Waals surface area contributed by atoms with Crippen LogP contribution in [0.4, 0.5) is 0 Å². The van der Waals surface area contributed by atoms with Crippen LogP contribution in [0.2, 0.25) is 0 Å². The lowest BCUT2D eigenvalue weighted by Crippen LogP contribution is -2.19. The van der Waals surface area contributed by atoms with Gasteiger partial charge >= 0.3 is 0 Å². The normalized spacial score (nSPS) is 14.5. The third-order valence-electron chi connectivity index (χ3n) is 1.35. The van der Waals surface area contributed by atoms with Gasteiger partial charge in [0.25, 0.3) is 0 Å². The van der Waals surface area contributed by atoms with Crippen molar-refractivity contribution in [3.63, 3.8) is 0 Å². The first-order valence-corrected chi connectivity index (χ1v) is 3.36. The van der Waals surface area contributed by atoms with Gasteiger partial charge in [-0.1, -0.05) is 6.58 Å². The monoisotopic (exact) mass is 163 g/mol. The summed E-state index contributed by atoms with van der Waals surface area (Å²) in [4.78, 5) is 14.5. The van der Waals surface area contributed by atoms with Crippen LogP contribution in [0.25, 0.3) is 0 Å². The zero-order valence-corrected chi connectivity index (χ0v) is 6.45. The Labute approximate surface area is 70.2 Å². The Morgan fingerprint density at radius 3 is 3.08 bits per heavy atom. The van der Waals surface area contributed by atoms with E-state index in [4.69, 9.17) is 5.73 Å². The van der Waals surface area contributed by atoms with Crippen molar-refractivity contribution >= 4 is 12.1 Å². The minimum Gasteiger partial charge on any atom is -0.366 e. The molecule has 1 aliphatic heterocycles. The Kier molecular flexibility index (Phi) is 2.42. The van der Waals surface area contributed by atoms with Crippen LogP contribution < -0.4 is 11.1 Å². The number of carbonyl (C=O) groups excluding carboxylic acids is 1. The first-order valence-electron chi connectivity index (χ1n) is 3.36. The minimum atomic E-state index is -0.544. The summed E-state index contributed by atoms with van der Waals surface area (Å²) in [5.74, 6) is -0.544. The second kappa shape index (κ2) is 3.52. The maximum absolute atomic E-state index is 10.7. The summed E-state index contributed by atoms with van der Waals surface area (Å²) in [5, 5.41) is 2.82. The van der Waals surface area contributed by atoms with E-state index in [2.05, 4.69) is 16.9 Å². The Hall–Kier alpha value is -1.84. The van der Waals surface area contributed by atoms with Crippen molar-refractivity contribution in [2.24, 2.45) is 10.7 Å². The molecule has 0 aliphatic carbocycles. The molecular weight excluding hydrogens is 154 g/mol. The predicted molar refractivity (Wildman–Crippen MR) is 47.2 cm³/mol. The highest BCUT2D eigenvalue weighted by Crippen LogP contribution is 2.03. The summed E-state index contributed by atoms with van der Waals surface area (Å²) in [5.41, 5.74) is 5.84. The van der Waals surface area contributed by atoms with Gasteiger partial charge in [-0.15, -0.1) is 0 Å². The number of primary amides is 1. The van der Waals surface area contributed by atoms with Crippen LogP contribution in [0.15, 0.2) is 41.3 Å². The fourth-order valence-electron chi connectivity index (χ4n) is 0.706. The summed E-state index contributed by atoms with van der Waals surface area (Å²) in [7, 11) is 0. The first-order chi connectivity index (χ1) is 5.72. The Morgan fingerprint density at radius 2 is 2.42 bits per heavy atom. The van der Waals surface area contributed by atoms with Crippen LogP contribution in [0, 0.1) is 0 Å². The van der Waals surface area contributed by atoms with Crippen LogP contribution in [-0.2, 0) is 4.79 Å². The van der Waals surface area contributed by atoms with Gasteiger partial charge in [0.05, 0.1) is 11.3 Å². The fraction of sp³-hybridized carbons (Fsp3) is 0. The molecule has 0 aromatic heterocycles. The summed E-state index contributed by atoms with van der Waals surface area (Å²) in [6, 6.07) is 0. The third kappa shape index (κ3) is 1.82. The van der Waals surface area contributed by atoms with Crippen molar-refractivity contribution in [3.05, 3.63) is 36.3 Å². The molecule has 4 heteroatoms. The molecule has 0 aromatic rings. The lowest BCUT2D eigenvalue weighted by Gasteiger charge is -2.04. The van der Waals surface area contributed by atoms with Gasteiger partial charge in [0.1, 0.15) is 0 Å². The lowest BCUT2D eigenvalue weighted by atomic mass is 10.2. The van der Waals surface area contributed by atoms with E-state index in [9.17, 15) is 4.79 Å². The molecule has 0 bridgehead atoms. The van der Waals surface area contributed by atoms with Gasteiger partial charge in [0.15, 0.2) is 0 Å². The van der Waals surface area contributed by atoms with Crippen LogP contribution in [0.3, 0.4) is 0 Å². The van der Waals surface area contributed by atoms with E-state index >= 15 is 0 Å². The maximum Gasteiger partial charge on any atom is 0.250 e. The molecule has 0 radical (unpaired) electrons. The second-order valence-corrected chi connectivity index (χ2v) is 2.18. The molecule has 1 aliphatic rings. The number of aliphatic imine (C=N–C) groups is 1. The number of nitrogens with zero attached hydrogens (tertiary/aromatic N) is 1. The quantitative estimate of drug-likeness (QED) is 0.565. The predicted octanol–water partition coefficient (Wildman–Crippen LogP) is 0.0570. The molecule has 1 amide bonds. The summed E-state index contributed by atoms with van der Waals surface area (Å²) >= 11 is 0. The number of carbonyl (C=O) groups is 1. The average Bonchev–Trinajstić information content (AvgIpc) is 2.30. The van der Waals surface area contributed by atoms with Gasteiger partial charge in [-0.25, -0.2) is 0 Å². The number of allylic oxidation sites excluding steroid dienone is 1. The second-order valence-electron chi connectivity index (χ2n) is 2.18. The van der Waals surface area contributed by atoms with Gasteiger partial charge in [-0.05, 0) is 6.08 Å². The molecule has 0 spiro atoms. The molecule has 0 atom stereocenters. The highest BCUT2D eigenvalue weighted by atomic mass is 16.1. The molecule has 0 saturated carbocycles. The number of nitrogens with two attached hydrogens (primary N) is 1. The van der Waals surface area contributed by atoms with E-state index in [-0.39, 0.29) is 5.57 Å². The maximum atomic E-state index is 10.7. The Balaban J connectivity index is 2.82. The standard InChI is InChI=1S/C8H9N3O/c1-6(8(9)12)7-2-3-10-4-5-11-7/h2-5,11H,1H2,(H2,9,12). The van der Waals surface area contributed by atoms with Crippen molar-refractivity contribution in [3.8, 4) is 0 Å². The van der Waals surface area contributed by atoms with Crippen molar-refractivity contribution in [2.75, 3.05) is 0 Å². The molecule has 4 nitrogen and oxygen atoms in total. The number of amides is 1. The van der Waals surface area contributed by atoms with E-state index in [1.165, 1.54) is 0 Å². The fourth-order valence-corrected chi connectivity index (χ4v) is 0.706. The third-order valence-corrected chi connectivity index (χ3v) is 1.35. The van der Waals surface area contributed by atoms with Crippen molar-refractivity contribution in [2.45, 2.75) is 0 Å². The van der Waals surface area contributed by atoms with Gasteiger partial charge in [-0.2, -0.15) is 0 Å². The molecule has 0 saturated heterocycles. The molecular formula is C8H9N3O. The topological polar surface area (TPSA) is 67.5 Å². The molecule has 1 rings (SSSR count). The SMILES string of the molecule is C=C(C(N)=O)C1=CC=NC=CN1. The van der Waals surface area contributed by atoms with E-state index < -0.39 is 5.91 Å². The highest BCUT2D eigenvalue weighted by Gasteiger charge is 2.06. The van der Waals surface area contributed by atoms with Crippen molar-refractivity contribution in [1.82, 2.24) is 5.32 Å². The van der Waals surface area contributed by atoms with E-state index in [0.29, 0.717) is 5.70 Å². The zero-order chi connectivity index (χ0) is 8.97. The number of hydrogen-bond acceptors (Lipinski definition) is 3. The molecule has 62 valence electrons. The summed E-state index contributed by atoms with van der Waals surface area (Å²) < 4.78 is 0. The van der Waals surface area contributed by atoms with Gasteiger partial charge < -0.3 is 11.1 Å². The summed E-state index contributed by atoms with van der Waals surface area (Å²) in [6.45, 7) is 3.52. The summed E-state index contributed by atoms with van der Waals surface area (Å²) in [6.07, 6.45) is 6.36. The molecule has 1 heterocycles. The Bertz CT molecular complexity index is 299. The lowest BCUT2D eigenvalue weighted by molar-refractivity contribution is -0.114. The van der Waals surface area contributed by atoms with Crippen molar-refractivity contribution < 1.29 is 4.79 Å². The van der Waals surface area contributed by atoms with Crippen LogP contribution >= 0.6 is 0 Å². The van der Waals surface area contributed by atoms with E-state index in [0.717, 1.165) is 0 Å². The van der Waals surface area contributed by atoms with E-state index in [1.807, 2.05) is 0 Å². The molecule has 12 heavy (non-hydrogen) atoms. The largest absolute Gasteiger partial charge is 0.366 e. The van der Waals surface area contributed by atoms with Gasteiger partial charge in [0, 0.05) is 18.6 Å². The van der Waals surface area contributed by atoms with Gasteiger partial charge in [-0.3, -0.25) is 9.79 Å². The van der Waals surface area contributed by atoms with Gasteiger partial charge in [0.2, 0.25) is 5.91 Å². The van der Waals surface area contributed by atoms with E-state index in [1.54, 1.807) is 24.7 Å². The first kappa shape index (κ1) is 8.26. The van der Waals surface area contributed by atoms with Crippen molar-refractivity contribution in [1.29, 1.82) is 0 Å². The zero-order valence-electron chi connectivity index (χ0n) is 6.45. The minimum absolute atomic E-state index is 0.244. The highest BCUT2D eigenvalue weighted by molar-refractivity contribution is 5.97. The number of hydrogen-bond donors (Lipinski definition) is 2. The smallest absolute Gasteiger partial charge is 0.250 e. The van der Waals surface area contributed by atoms with Crippen LogP contribution in [0.1, 0.15) is 0 Å². The Morgan fingerprint density at radius 1 is 1.67 bits per heavy atom. The number of rotatable bonds is 2. The van der Waals surface area contributed by atoms with Crippen LogP contribution in [0.5, 0.6) is 0 Å². The number of nitrogens with one attached hydrogen (secondary N) is 1. The molecule has 0 aromatic carbocycles. The molecule has 0 fully saturated rings. The molecule has 3 N–H and O–H groups in total. The molecule has 0 unspecified atom stereocenters. The average molecular weight is 163 g/mol. The van der Waals surface area contributed by atoms with Crippen LogP contribution in [-0.4, -0.2) is 12.1 Å².